The van der Waals surface area contributed by atoms with E-state index in [-0.39, 0.29) is 5.91 Å². The van der Waals surface area contributed by atoms with Crippen LogP contribution in [0.5, 0.6) is 0 Å². The summed E-state index contributed by atoms with van der Waals surface area (Å²) in [6, 6.07) is 20.5. The van der Waals surface area contributed by atoms with Crippen LogP contribution in [-0.2, 0) is 12.8 Å². The van der Waals surface area contributed by atoms with Crippen molar-refractivity contribution in [2.75, 3.05) is 18.4 Å². The number of carbonyl (C=O) groups excluding carboxylic acids is 1. The molecular formula is C22H24N4O. The Hall–Kier alpha value is -3.21. The quantitative estimate of drug-likeness (QED) is 0.573. The molecule has 0 unspecified atom stereocenters. The Balaban J connectivity index is 1.38. The van der Waals surface area contributed by atoms with E-state index in [9.17, 15) is 4.79 Å². The fraction of sp³-hybridized carbons (Fsp3) is 0.227. The van der Waals surface area contributed by atoms with E-state index in [2.05, 4.69) is 44.9 Å². The van der Waals surface area contributed by atoms with Crippen molar-refractivity contribution in [1.82, 2.24) is 15.3 Å². The van der Waals surface area contributed by atoms with Gasteiger partial charge in [0.1, 0.15) is 11.5 Å². The lowest BCUT2D eigenvalue weighted by molar-refractivity contribution is 0.0948. The van der Waals surface area contributed by atoms with Crippen molar-refractivity contribution >= 4 is 11.7 Å². The Bertz CT molecular complexity index is 820. The Morgan fingerprint density at radius 1 is 0.778 bits per heavy atom. The van der Waals surface area contributed by atoms with Crippen molar-refractivity contribution in [3.05, 3.63) is 89.9 Å². The average Bonchev–Trinajstić information content (AvgIpc) is 2.73. The standard InChI is InChI=1S/C22H24N4O/c27-22(24-14-7-12-18-8-3-1-4-9-18)20-16-26-21(17-25-20)23-15-13-19-10-5-2-6-11-19/h1-6,8-11,16-17H,7,12-15H2,(H,23,26)(H,24,27). The van der Waals surface area contributed by atoms with Crippen molar-refractivity contribution < 1.29 is 4.79 Å². The smallest absolute Gasteiger partial charge is 0.271 e. The molecule has 2 N–H and O–H groups in total. The maximum Gasteiger partial charge on any atom is 0.271 e. The Labute approximate surface area is 159 Å². The largest absolute Gasteiger partial charge is 0.368 e. The van der Waals surface area contributed by atoms with Crippen molar-refractivity contribution in [3.63, 3.8) is 0 Å². The van der Waals surface area contributed by atoms with E-state index in [0.29, 0.717) is 18.1 Å². The zero-order valence-electron chi connectivity index (χ0n) is 15.3. The summed E-state index contributed by atoms with van der Waals surface area (Å²) in [5.74, 6) is 0.484. The molecule has 0 fully saturated rings. The van der Waals surface area contributed by atoms with E-state index in [0.717, 1.165) is 25.8 Å². The number of hydrogen-bond acceptors (Lipinski definition) is 4. The first-order chi connectivity index (χ1) is 13.3. The molecule has 3 rings (SSSR count). The molecule has 0 aliphatic rings. The van der Waals surface area contributed by atoms with Gasteiger partial charge in [-0.2, -0.15) is 0 Å². The summed E-state index contributed by atoms with van der Waals surface area (Å²) < 4.78 is 0. The summed E-state index contributed by atoms with van der Waals surface area (Å²) >= 11 is 0. The van der Waals surface area contributed by atoms with Gasteiger partial charge >= 0.3 is 0 Å². The van der Waals surface area contributed by atoms with E-state index in [1.807, 2.05) is 36.4 Å². The Morgan fingerprint density at radius 2 is 1.44 bits per heavy atom. The number of aromatic nitrogens is 2. The van der Waals surface area contributed by atoms with Crippen LogP contribution in [0, 0.1) is 0 Å². The van der Waals surface area contributed by atoms with Crippen molar-refractivity contribution in [2.24, 2.45) is 0 Å². The van der Waals surface area contributed by atoms with E-state index in [1.54, 1.807) is 6.20 Å². The summed E-state index contributed by atoms with van der Waals surface area (Å²) in [5, 5.41) is 6.12. The Morgan fingerprint density at radius 3 is 2.07 bits per heavy atom. The number of nitrogens with one attached hydrogen (secondary N) is 2. The van der Waals surface area contributed by atoms with Crippen LogP contribution >= 0.6 is 0 Å². The number of benzene rings is 2. The topological polar surface area (TPSA) is 66.9 Å². The average molecular weight is 360 g/mol. The molecule has 2 aromatic carbocycles. The second kappa shape index (κ2) is 10.1. The van der Waals surface area contributed by atoms with Crippen molar-refractivity contribution in [2.45, 2.75) is 19.3 Å². The number of amides is 1. The molecule has 0 aliphatic carbocycles. The molecule has 0 radical (unpaired) electrons. The molecule has 5 nitrogen and oxygen atoms in total. The number of anilines is 1. The number of aryl methyl sites for hydroxylation is 1. The molecule has 0 saturated heterocycles. The molecule has 5 heteroatoms. The van der Waals surface area contributed by atoms with Gasteiger partial charge in [-0.25, -0.2) is 9.97 Å². The van der Waals surface area contributed by atoms with Gasteiger partial charge in [-0.15, -0.1) is 0 Å². The minimum atomic E-state index is -0.189. The first kappa shape index (κ1) is 18.6. The van der Waals surface area contributed by atoms with Crippen LogP contribution in [0.1, 0.15) is 28.0 Å². The van der Waals surface area contributed by atoms with Crippen molar-refractivity contribution in [1.29, 1.82) is 0 Å². The minimum Gasteiger partial charge on any atom is -0.368 e. The number of carbonyl (C=O) groups is 1. The molecule has 1 heterocycles. The summed E-state index contributed by atoms with van der Waals surface area (Å²) in [4.78, 5) is 20.6. The van der Waals surface area contributed by atoms with E-state index >= 15 is 0 Å². The van der Waals surface area contributed by atoms with Gasteiger partial charge in [0.05, 0.1) is 12.4 Å². The van der Waals surface area contributed by atoms with Crippen LogP contribution in [0.4, 0.5) is 5.82 Å². The highest BCUT2D eigenvalue weighted by Gasteiger charge is 2.07. The van der Waals surface area contributed by atoms with Gasteiger partial charge in [-0.05, 0) is 30.4 Å². The highest BCUT2D eigenvalue weighted by molar-refractivity contribution is 5.91. The normalized spacial score (nSPS) is 10.4. The van der Waals surface area contributed by atoms with Crippen LogP contribution in [-0.4, -0.2) is 29.0 Å². The van der Waals surface area contributed by atoms with E-state index in [4.69, 9.17) is 0 Å². The van der Waals surface area contributed by atoms with Crippen molar-refractivity contribution in [3.8, 4) is 0 Å². The van der Waals surface area contributed by atoms with Crippen LogP contribution in [0.25, 0.3) is 0 Å². The van der Waals surface area contributed by atoms with E-state index in [1.165, 1.54) is 17.3 Å². The SMILES string of the molecule is O=C(NCCCc1ccccc1)c1cnc(NCCc2ccccc2)cn1. The molecule has 138 valence electrons. The van der Waals surface area contributed by atoms with E-state index < -0.39 is 0 Å². The van der Waals surface area contributed by atoms with Crippen LogP contribution in [0.15, 0.2) is 73.1 Å². The summed E-state index contributed by atoms with van der Waals surface area (Å²) in [5.41, 5.74) is 2.88. The highest BCUT2D eigenvalue weighted by atomic mass is 16.1. The molecule has 0 aliphatic heterocycles. The van der Waals surface area contributed by atoms with Crippen LogP contribution < -0.4 is 10.6 Å². The Kier molecular flexibility index (Phi) is 6.92. The molecular weight excluding hydrogens is 336 g/mol. The van der Waals surface area contributed by atoms with Crippen LogP contribution in [0.2, 0.25) is 0 Å². The lowest BCUT2D eigenvalue weighted by atomic mass is 10.1. The molecule has 1 aromatic heterocycles. The van der Waals surface area contributed by atoms with Gasteiger partial charge in [0.25, 0.3) is 5.91 Å². The van der Waals surface area contributed by atoms with Gasteiger partial charge in [-0.3, -0.25) is 4.79 Å². The number of hydrogen-bond donors (Lipinski definition) is 2. The van der Waals surface area contributed by atoms with Gasteiger partial charge < -0.3 is 10.6 Å². The summed E-state index contributed by atoms with van der Waals surface area (Å²) in [6.45, 7) is 1.39. The zero-order valence-corrected chi connectivity index (χ0v) is 15.3. The first-order valence-electron chi connectivity index (χ1n) is 9.23. The molecule has 0 bridgehead atoms. The summed E-state index contributed by atoms with van der Waals surface area (Å²) in [7, 11) is 0. The fourth-order valence-electron chi connectivity index (χ4n) is 2.75. The maximum atomic E-state index is 12.1. The van der Waals surface area contributed by atoms with Gasteiger partial charge in [0.15, 0.2) is 0 Å². The zero-order chi connectivity index (χ0) is 18.7. The molecule has 0 spiro atoms. The number of nitrogens with zero attached hydrogens (tertiary/aromatic N) is 2. The second-order valence-corrected chi connectivity index (χ2v) is 6.29. The lowest BCUT2D eigenvalue weighted by Gasteiger charge is -2.07. The minimum absolute atomic E-state index is 0.189. The maximum absolute atomic E-state index is 12.1. The third-order valence-corrected chi connectivity index (χ3v) is 4.22. The predicted octanol–water partition coefficient (Wildman–Crippen LogP) is 3.49. The molecule has 27 heavy (non-hydrogen) atoms. The molecule has 3 aromatic rings. The third-order valence-electron chi connectivity index (χ3n) is 4.22. The van der Waals surface area contributed by atoms with Gasteiger partial charge in [0, 0.05) is 13.1 Å². The molecule has 0 atom stereocenters. The van der Waals surface area contributed by atoms with Crippen LogP contribution in [0.3, 0.4) is 0 Å². The highest BCUT2D eigenvalue weighted by Crippen LogP contribution is 2.04. The monoisotopic (exact) mass is 360 g/mol. The molecule has 1 amide bonds. The molecule has 0 saturated carbocycles. The fourth-order valence-corrected chi connectivity index (χ4v) is 2.75. The third kappa shape index (κ3) is 6.22. The second-order valence-electron chi connectivity index (χ2n) is 6.29. The predicted molar refractivity (Wildman–Crippen MR) is 108 cm³/mol. The summed E-state index contributed by atoms with van der Waals surface area (Å²) in [6.07, 6.45) is 5.85. The van der Waals surface area contributed by atoms with Gasteiger partial charge in [-0.1, -0.05) is 60.7 Å². The lowest BCUT2D eigenvalue weighted by Crippen LogP contribution is -2.26. The number of rotatable bonds is 9. The first-order valence-corrected chi connectivity index (χ1v) is 9.23. The van der Waals surface area contributed by atoms with Gasteiger partial charge in [0.2, 0.25) is 0 Å².